The number of nitrogens with zero attached hydrogens (tertiary/aromatic N) is 4. The van der Waals surface area contributed by atoms with Gasteiger partial charge >= 0.3 is 6.18 Å². The number of aromatic nitrogens is 2. The van der Waals surface area contributed by atoms with Crippen LogP contribution in [0.4, 0.5) is 30.5 Å². The number of alkyl halides is 3. The molecule has 184 valence electrons. The van der Waals surface area contributed by atoms with E-state index in [-0.39, 0.29) is 30.0 Å². The first-order valence-electron chi connectivity index (χ1n) is 11.2. The highest BCUT2D eigenvalue weighted by molar-refractivity contribution is 5.85. The standard InChI is InChI=1S/C25H26F3N5O2/c1-32-10-12-33(13-11-32)20-7-3-6-19(15-20)30-24-29-16-21(25(26,27)28)22(31-24)9-8-17-4-2-5-18(14-17)23(34)35/h2-7,14-16H,8-13H2,1H3,(H,34,35)(H,29,30,31)/p-1. The maximum absolute atomic E-state index is 13.6. The van der Waals surface area contributed by atoms with E-state index in [1.165, 1.54) is 18.2 Å². The van der Waals surface area contributed by atoms with Gasteiger partial charge in [-0.3, -0.25) is 0 Å². The number of nitrogens with one attached hydrogen (secondary N) is 1. The van der Waals surface area contributed by atoms with Crippen molar-refractivity contribution in [1.82, 2.24) is 14.9 Å². The second-order valence-electron chi connectivity index (χ2n) is 8.51. The quantitative estimate of drug-likeness (QED) is 0.552. The van der Waals surface area contributed by atoms with E-state index in [9.17, 15) is 23.1 Å². The molecule has 10 heteroatoms. The average molecular weight is 485 g/mol. The molecule has 1 saturated heterocycles. The fourth-order valence-corrected chi connectivity index (χ4v) is 4.00. The summed E-state index contributed by atoms with van der Waals surface area (Å²) in [5.74, 6) is -1.28. The molecule has 1 fully saturated rings. The van der Waals surface area contributed by atoms with Crippen LogP contribution >= 0.6 is 0 Å². The lowest BCUT2D eigenvalue weighted by atomic mass is 10.0. The van der Waals surface area contributed by atoms with Gasteiger partial charge in [0.05, 0.1) is 17.2 Å². The summed E-state index contributed by atoms with van der Waals surface area (Å²) in [5, 5.41) is 14.1. The van der Waals surface area contributed by atoms with Crippen molar-refractivity contribution in [1.29, 1.82) is 0 Å². The van der Waals surface area contributed by atoms with Gasteiger partial charge < -0.3 is 25.0 Å². The van der Waals surface area contributed by atoms with Crippen molar-refractivity contribution in [3.05, 3.63) is 77.1 Å². The third-order valence-corrected chi connectivity index (χ3v) is 5.96. The Hall–Kier alpha value is -3.66. The first-order valence-corrected chi connectivity index (χ1v) is 11.2. The van der Waals surface area contributed by atoms with Gasteiger partial charge in [-0.15, -0.1) is 0 Å². The highest BCUT2D eigenvalue weighted by Crippen LogP contribution is 2.32. The van der Waals surface area contributed by atoms with E-state index in [2.05, 4.69) is 32.1 Å². The Bertz CT molecular complexity index is 1190. The van der Waals surface area contributed by atoms with Gasteiger partial charge in [0.1, 0.15) is 0 Å². The third-order valence-electron chi connectivity index (χ3n) is 5.96. The van der Waals surface area contributed by atoms with Crippen LogP contribution in [0.25, 0.3) is 0 Å². The summed E-state index contributed by atoms with van der Waals surface area (Å²) in [5.41, 5.74) is 1.17. The van der Waals surface area contributed by atoms with Crippen LogP contribution in [0.2, 0.25) is 0 Å². The Labute approximate surface area is 201 Å². The zero-order valence-corrected chi connectivity index (χ0v) is 19.2. The number of halogens is 3. The number of rotatable bonds is 7. The van der Waals surface area contributed by atoms with Gasteiger partial charge in [0, 0.05) is 43.8 Å². The van der Waals surface area contributed by atoms with Crippen LogP contribution in [0.15, 0.2) is 54.7 Å². The van der Waals surface area contributed by atoms with Crippen LogP contribution < -0.4 is 15.3 Å². The molecule has 0 amide bonds. The molecule has 4 rings (SSSR count). The molecule has 1 aromatic heterocycles. The number of carboxylic acids is 1. The second-order valence-corrected chi connectivity index (χ2v) is 8.51. The Morgan fingerprint density at radius 1 is 1.06 bits per heavy atom. The SMILES string of the molecule is CN1CCN(c2cccc(Nc3ncc(C(F)(F)F)c(CCc4cccc(C(=O)[O-])c4)n3)c2)CC1. The number of hydrogen-bond acceptors (Lipinski definition) is 7. The molecule has 35 heavy (non-hydrogen) atoms. The normalized spacial score (nSPS) is 14.7. The van der Waals surface area contributed by atoms with Crippen LogP contribution in [0.3, 0.4) is 0 Å². The van der Waals surface area contributed by atoms with Gasteiger partial charge in [0.25, 0.3) is 0 Å². The lowest BCUT2D eigenvalue weighted by Gasteiger charge is -2.34. The Balaban J connectivity index is 1.53. The topological polar surface area (TPSA) is 84.4 Å². The van der Waals surface area contributed by atoms with Crippen molar-refractivity contribution < 1.29 is 23.1 Å². The predicted molar refractivity (Wildman–Crippen MR) is 125 cm³/mol. The molecule has 0 unspecified atom stereocenters. The molecule has 0 spiro atoms. The number of anilines is 3. The molecular formula is C25H25F3N5O2-. The summed E-state index contributed by atoms with van der Waals surface area (Å²) < 4.78 is 40.8. The highest BCUT2D eigenvalue weighted by atomic mass is 19.4. The van der Waals surface area contributed by atoms with E-state index < -0.39 is 17.7 Å². The molecule has 3 aromatic rings. The molecule has 1 aliphatic heterocycles. The summed E-state index contributed by atoms with van der Waals surface area (Å²) in [6.07, 6.45) is -3.68. The van der Waals surface area contributed by atoms with E-state index in [1.807, 2.05) is 24.3 Å². The van der Waals surface area contributed by atoms with Crippen LogP contribution in [-0.4, -0.2) is 54.1 Å². The van der Waals surface area contributed by atoms with Gasteiger partial charge in [0.15, 0.2) is 0 Å². The molecule has 0 atom stereocenters. The number of carbonyl (C=O) groups excluding carboxylic acids is 1. The fraction of sp³-hybridized carbons (Fsp3) is 0.320. The lowest BCUT2D eigenvalue weighted by molar-refractivity contribution is -0.255. The monoisotopic (exact) mass is 484 g/mol. The molecule has 0 radical (unpaired) electrons. The number of piperazine rings is 1. The van der Waals surface area contributed by atoms with E-state index in [4.69, 9.17) is 0 Å². The largest absolute Gasteiger partial charge is 0.545 e. The van der Waals surface area contributed by atoms with E-state index >= 15 is 0 Å². The molecule has 0 bridgehead atoms. The zero-order valence-electron chi connectivity index (χ0n) is 19.2. The smallest absolute Gasteiger partial charge is 0.419 e. The Kier molecular flexibility index (Phi) is 7.20. The van der Waals surface area contributed by atoms with Crippen LogP contribution in [-0.2, 0) is 19.0 Å². The Morgan fingerprint density at radius 3 is 2.51 bits per heavy atom. The minimum atomic E-state index is -4.61. The van der Waals surface area contributed by atoms with Gasteiger partial charge in [-0.05, 0) is 55.3 Å². The van der Waals surface area contributed by atoms with Crippen molar-refractivity contribution in [2.24, 2.45) is 0 Å². The summed E-state index contributed by atoms with van der Waals surface area (Å²) in [7, 11) is 2.08. The second kappa shape index (κ2) is 10.3. The minimum absolute atomic E-state index is 0.0242. The van der Waals surface area contributed by atoms with Crippen LogP contribution in [0.5, 0.6) is 0 Å². The van der Waals surface area contributed by atoms with Crippen molar-refractivity contribution in [2.75, 3.05) is 43.4 Å². The minimum Gasteiger partial charge on any atom is -0.545 e. The number of hydrogen-bond donors (Lipinski definition) is 1. The van der Waals surface area contributed by atoms with Gasteiger partial charge in [0.2, 0.25) is 5.95 Å². The molecule has 2 aromatic carbocycles. The van der Waals surface area contributed by atoms with Crippen molar-refractivity contribution in [2.45, 2.75) is 19.0 Å². The molecule has 1 aliphatic rings. The predicted octanol–water partition coefficient (Wildman–Crippen LogP) is 3.14. The molecule has 0 aliphatic carbocycles. The maximum atomic E-state index is 13.6. The third kappa shape index (κ3) is 6.27. The molecule has 1 N–H and O–H groups in total. The fourth-order valence-electron chi connectivity index (χ4n) is 4.00. The number of likely N-dealkylation sites (N-methyl/N-ethyl adjacent to an activating group) is 1. The first kappa shape index (κ1) is 24.5. The number of carboxylic acid groups (broad SMARTS) is 1. The van der Waals surface area contributed by atoms with Crippen molar-refractivity contribution in [3.63, 3.8) is 0 Å². The lowest BCUT2D eigenvalue weighted by Crippen LogP contribution is -2.44. The van der Waals surface area contributed by atoms with Gasteiger partial charge in [-0.25, -0.2) is 9.97 Å². The van der Waals surface area contributed by atoms with E-state index in [1.54, 1.807) is 6.07 Å². The molecular weight excluding hydrogens is 459 g/mol. The first-order chi connectivity index (χ1) is 16.7. The number of aryl methyl sites for hydroxylation is 2. The average Bonchev–Trinajstić information content (AvgIpc) is 2.83. The zero-order chi connectivity index (χ0) is 25.0. The number of carbonyl (C=O) groups is 1. The van der Waals surface area contributed by atoms with Gasteiger partial charge in [-0.2, -0.15) is 13.2 Å². The Morgan fingerprint density at radius 2 is 1.80 bits per heavy atom. The summed E-state index contributed by atoms with van der Waals surface area (Å²) in [6.45, 7) is 3.68. The number of aromatic carboxylic acids is 1. The summed E-state index contributed by atoms with van der Waals surface area (Å²) >= 11 is 0. The van der Waals surface area contributed by atoms with Gasteiger partial charge in [-0.1, -0.05) is 24.3 Å². The molecule has 7 nitrogen and oxygen atoms in total. The number of benzene rings is 2. The molecule has 0 saturated carbocycles. The molecule has 2 heterocycles. The highest BCUT2D eigenvalue weighted by Gasteiger charge is 2.34. The van der Waals surface area contributed by atoms with E-state index in [0.717, 1.165) is 38.1 Å². The van der Waals surface area contributed by atoms with Crippen molar-refractivity contribution >= 4 is 23.3 Å². The van der Waals surface area contributed by atoms with Crippen LogP contribution in [0.1, 0.15) is 27.2 Å². The maximum Gasteiger partial charge on any atom is 0.419 e. The van der Waals surface area contributed by atoms with Crippen molar-refractivity contribution in [3.8, 4) is 0 Å². The van der Waals surface area contributed by atoms with Crippen LogP contribution in [0, 0.1) is 0 Å². The summed E-state index contributed by atoms with van der Waals surface area (Å²) in [6, 6.07) is 13.6. The summed E-state index contributed by atoms with van der Waals surface area (Å²) in [4.78, 5) is 23.7. The van der Waals surface area contributed by atoms with E-state index in [0.29, 0.717) is 11.3 Å².